The van der Waals surface area contributed by atoms with Crippen LogP contribution < -0.4 is 10.1 Å². The van der Waals surface area contributed by atoms with Gasteiger partial charge in [-0.25, -0.2) is 4.39 Å². The first-order valence-corrected chi connectivity index (χ1v) is 7.85. The molecule has 2 aromatic carbocycles. The van der Waals surface area contributed by atoms with Crippen molar-refractivity contribution >= 4 is 23.2 Å². The third kappa shape index (κ3) is 4.61. The maximum Gasteiger partial charge on any atom is 0.241 e. The number of halogens is 2. The topological polar surface area (TPSA) is 41.6 Å². The van der Waals surface area contributed by atoms with E-state index in [1.807, 2.05) is 13.0 Å². The fraction of sp³-hybridized carbons (Fsp3) is 0.278. The van der Waals surface area contributed by atoms with E-state index in [1.54, 1.807) is 37.3 Å². The Morgan fingerprint density at radius 2 is 1.96 bits per heavy atom. The van der Waals surface area contributed by atoms with Crippen LogP contribution in [-0.4, -0.2) is 31.5 Å². The molecule has 0 atom stereocenters. The molecule has 0 aromatic heterocycles. The van der Waals surface area contributed by atoms with Crippen molar-refractivity contribution in [3.63, 3.8) is 0 Å². The Morgan fingerprint density at radius 3 is 2.58 bits per heavy atom. The van der Waals surface area contributed by atoms with Crippen molar-refractivity contribution in [2.75, 3.05) is 26.0 Å². The molecule has 0 unspecified atom stereocenters. The summed E-state index contributed by atoms with van der Waals surface area (Å²) >= 11 is 6.07. The van der Waals surface area contributed by atoms with Crippen molar-refractivity contribution in [2.24, 2.45) is 0 Å². The second-order valence-corrected chi connectivity index (χ2v) is 5.94. The molecular weight excluding hydrogens is 331 g/mol. The maximum absolute atomic E-state index is 12.9. The van der Waals surface area contributed by atoms with Crippen LogP contribution in [-0.2, 0) is 11.3 Å². The van der Waals surface area contributed by atoms with Crippen molar-refractivity contribution in [2.45, 2.75) is 13.5 Å². The molecule has 0 heterocycles. The average Bonchev–Trinajstić information content (AvgIpc) is 2.57. The number of amides is 1. The Labute approximate surface area is 146 Å². The van der Waals surface area contributed by atoms with E-state index in [0.29, 0.717) is 23.0 Å². The highest BCUT2D eigenvalue weighted by Crippen LogP contribution is 2.30. The molecule has 0 spiro atoms. The number of rotatable bonds is 6. The van der Waals surface area contributed by atoms with Gasteiger partial charge in [-0.15, -0.1) is 0 Å². The number of nitrogens with zero attached hydrogens (tertiary/aromatic N) is 1. The Kier molecular flexibility index (Phi) is 6.04. The molecule has 6 heteroatoms. The van der Waals surface area contributed by atoms with E-state index >= 15 is 0 Å². The minimum Gasteiger partial charge on any atom is -0.495 e. The van der Waals surface area contributed by atoms with Crippen molar-refractivity contribution in [3.8, 4) is 5.75 Å². The van der Waals surface area contributed by atoms with E-state index in [0.717, 1.165) is 11.1 Å². The Balaban J connectivity index is 1.97. The van der Waals surface area contributed by atoms with Crippen LogP contribution in [0.2, 0.25) is 5.02 Å². The highest BCUT2D eigenvalue weighted by atomic mass is 35.5. The Bertz CT molecular complexity index is 720. The molecule has 0 bridgehead atoms. The summed E-state index contributed by atoms with van der Waals surface area (Å²) in [6.45, 7) is 2.42. The monoisotopic (exact) mass is 350 g/mol. The second kappa shape index (κ2) is 8.02. The SMILES string of the molecule is COc1cc(Cl)c(C)cc1NCC(=O)N(C)Cc1ccc(F)cc1. The zero-order valence-corrected chi connectivity index (χ0v) is 14.7. The number of methoxy groups -OCH3 is 1. The van der Waals surface area contributed by atoms with Crippen LogP contribution in [0.25, 0.3) is 0 Å². The van der Waals surface area contributed by atoms with Crippen molar-refractivity contribution < 1.29 is 13.9 Å². The molecule has 0 aliphatic rings. The van der Waals surface area contributed by atoms with Crippen LogP contribution in [0.1, 0.15) is 11.1 Å². The second-order valence-electron chi connectivity index (χ2n) is 5.53. The molecule has 0 aliphatic carbocycles. The van der Waals surface area contributed by atoms with Gasteiger partial charge in [0.1, 0.15) is 11.6 Å². The van der Waals surface area contributed by atoms with Gasteiger partial charge >= 0.3 is 0 Å². The van der Waals surface area contributed by atoms with E-state index < -0.39 is 0 Å². The lowest BCUT2D eigenvalue weighted by Gasteiger charge is -2.19. The summed E-state index contributed by atoms with van der Waals surface area (Å²) in [5.74, 6) is 0.202. The number of carbonyl (C=O) groups excluding carboxylic acids is 1. The van der Waals surface area contributed by atoms with Gasteiger partial charge in [0.15, 0.2) is 0 Å². The summed E-state index contributed by atoms with van der Waals surface area (Å²) in [4.78, 5) is 13.8. The van der Waals surface area contributed by atoms with E-state index in [2.05, 4.69) is 5.32 Å². The van der Waals surface area contributed by atoms with Gasteiger partial charge in [-0.05, 0) is 36.2 Å². The van der Waals surface area contributed by atoms with Gasteiger partial charge in [-0.2, -0.15) is 0 Å². The van der Waals surface area contributed by atoms with Gasteiger partial charge < -0.3 is 15.0 Å². The highest BCUT2D eigenvalue weighted by Gasteiger charge is 2.12. The zero-order chi connectivity index (χ0) is 17.7. The Hall–Kier alpha value is -2.27. The molecule has 1 amide bonds. The highest BCUT2D eigenvalue weighted by molar-refractivity contribution is 6.31. The Morgan fingerprint density at radius 1 is 1.29 bits per heavy atom. The van der Waals surface area contributed by atoms with Crippen molar-refractivity contribution in [1.82, 2.24) is 4.90 Å². The molecular formula is C18H20ClFN2O2. The summed E-state index contributed by atoms with van der Waals surface area (Å²) in [6.07, 6.45) is 0. The largest absolute Gasteiger partial charge is 0.495 e. The van der Waals surface area contributed by atoms with E-state index in [9.17, 15) is 9.18 Å². The first-order valence-electron chi connectivity index (χ1n) is 7.47. The first kappa shape index (κ1) is 18.1. The molecule has 0 fully saturated rings. The van der Waals surface area contributed by atoms with Gasteiger partial charge in [0.05, 0.1) is 19.3 Å². The minimum atomic E-state index is -0.292. The standard InChI is InChI=1S/C18H20ClFN2O2/c1-12-8-16(17(24-3)9-15(12)19)21-10-18(23)22(2)11-13-4-6-14(20)7-5-13/h4-9,21H,10-11H2,1-3H3. The molecule has 0 saturated carbocycles. The van der Waals surface area contributed by atoms with Crippen LogP contribution in [0.5, 0.6) is 5.75 Å². The van der Waals surface area contributed by atoms with Crippen LogP contribution in [0, 0.1) is 12.7 Å². The number of likely N-dealkylation sites (N-methyl/N-ethyl adjacent to an activating group) is 1. The van der Waals surface area contributed by atoms with Gasteiger partial charge in [-0.1, -0.05) is 23.7 Å². The van der Waals surface area contributed by atoms with Crippen LogP contribution in [0.15, 0.2) is 36.4 Å². The van der Waals surface area contributed by atoms with Crippen LogP contribution >= 0.6 is 11.6 Å². The van der Waals surface area contributed by atoms with Crippen molar-refractivity contribution in [1.29, 1.82) is 0 Å². The molecule has 0 aliphatic heterocycles. The van der Waals surface area contributed by atoms with E-state index in [1.165, 1.54) is 12.1 Å². The fourth-order valence-corrected chi connectivity index (χ4v) is 2.38. The normalized spacial score (nSPS) is 10.4. The molecule has 128 valence electrons. The smallest absolute Gasteiger partial charge is 0.241 e. The van der Waals surface area contributed by atoms with Gasteiger partial charge in [0.25, 0.3) is 0 Å². The lowest BCUT2D eigenvalue weighted by Crippen LogP contribution is -2.31. The van der Waals surface area contributed by atoms with Crippen LogP contribution in [0.3, 0.4) is 0 Å². The lowest BCUT2D eigenvalue weighted by atomic mass is 10.2. The van der Waals surface area contributed by atoms with Gasteiger partial charge in [0, 0.05) is 24.7 Å². The minimum absolute atomic E-state index is 0.0889. The number of nitrogens with one attached hydrogen (secondary N) is 1. The third-order valence-electron chi connectivity index (χ3n) is 3.67. The summed E-state index contributed by atoms with van der Waals surface area (Å²) in [6, 6.07) is 9.65. The molecule has 1 N–H and O–H groups in total. The molecule has 0 saturated heterocycles. The predicted octanol–water partition coefficient (Wildman–Crippen LogP) is 3.87. The molecule has 2 aromatic rings. The average molecular weight is 351 g/mol. The molecule has 2 rings (SSSR count). The molecule has 24 heavy (non-hydrogen) atoms. The quantitative estimate of drug-likeness (QED) is 0.860. The van der Waals surface area contributed by atoms with Gasteiger partial charge in [0.2, 0.25) is 5.91 Å². The number of ether oxygens (including phenoxy) is 1. The summed E-state index contributed by atoms with van der Waals surface area (Å²) < 4.78 is 18.2. The van der Waals surface area contributed by atoms with E-state index in [4.69, 9.17) is 16.3 Å². The van der Waals surface area contributed by atoms with Crippen molar-refractivity contribution in [3.05, 3.63) is 58.4 Å². The van der Waals surface area contributed by atoms with E-state index in [-0.39, 0.29) is 18.3 Å². The molecule has 4 nitrogen and oxygen atoms in total. The third-order valence-corrected chi connectivity index (χ3v) is 4.08. The number of carbonyl (C=O) groups is 1. The number of benzene rings is 2. The summed E-state index contributed by atoms with van der Waals surface area (Å²) in [5.41, 5.74) is 2.47. The number of aryl methyl sites for hydroxylation is 1. The predicted molar refractivity (Wildman–Crippen MR) is 94.1 cm³/mol. The van der Waals surface area contributed by atoms with Gasteiger partial charge in [-0.3, -0.25) is 4.79 Å². The summed E-state index contributed by atoms with van der Waals surface area (Å²) in [5, 5.41) is 3.68. The maximum atomic E-state index is 12.9. The zero-order valence-electron chi connectivity index (χ0n) is 13.9. The number of hydrogen-bond donors (Lipinski definition) is 1. The fourth-order valence-electron chi connectivity index (χ4n) is 2.23. The summed E-state index contributed by atoms with van der Waals surface area (Å²) in [7, 11) is 3.26. The number of hydrogen-bond acceptors (Lipinski definition) is 3. The first-order chi connectivity index (χ1) is 11.4. The molecule has 0 radical (unpaired) electrons. The van der Waals surface area contributed by atoms with Crippen LogP contribution in [0.4, 0.5) is 10.1 Å². The number of anilines is 1. The lowest BCUT2D eigenvalue weighted by molar-refractivity contribution is -0.128.